The molecule has 0 spiro atoms. The summed E-state index contributed by atoms with van der Waals surface area (Å²) in [6, 6.07) is 7.35. The van der Waals surface area contributed by atoms with Crippen molar-refractivity contribution in [2.75, 3.05) is 6.61 Å². The van der Waals surface area contributed by atoms with E-state index in [0.29, 0.717) is 11.1 Å². The fourth-order valence-electron chi connectivity index (χ4n) is 2.35. The highest BCUT2D eigenvalue weighted by Crippen LogP contribution is 2.39. The van der Waals surface area contributed by atoms with Crippen LogP contribution in [-0.4, -0.2) is 6.61 Å². The van der Waals surface area contributed by atoms with E-state index in [2.05, 4.69) is 0 Å². The maximum atomic E-state index is 14.0. The topological polar surface area (TPSA) is 44.5 Å². The van der Waals surface area contributed by atoms with Gasteiger partial charge in [0, 0.05) is 6.54 Å². The maximum absolute atomic E-state index is 14.0. The summed E-state index contributed by atoms with van der Waals surface area (Å²) in [6.07, 6.45) is -5.08. The number of nitrogens with two attached hydrogens (primary N) is 1. The van der Waals surface area contributed by atoms with Crippen LogP contribution in [0, 0.1) is 5.82 Å². The van der Waals surface area contributed by atoms with Crippen molar-refractivity contribution in [2.24, 2.45) is 5.73 Å². The summed E-state index contributed by atoms with van der Waals surface area (Å²) in [5.41, 5.74) is 5.76. The van der Waals surface area contributed by atoms with Gasteiger partial charge in [0.15, 0.2) is 23.4 Å². The van der Waals surface area contributed by atoms with Crippen molar-refractivity contribution in [1.82, 2.24) is 0 Å². The van der Waals surface area contributed by atoms with Gasteiger partial charge >= 0.3 is 6.18 Å². The van der Waals surface area contributed by atoms with Crippen LogP contribution in [0.4, 0.5) is 17.6 Å². The van der Waals surface area contributed by atoms with Crippen LogP contribution in [0.2, 0.25) is 0 Å². The molecule has 1 unspecified atom stereocenters. The lowest BCUT2D eigenvalue weighted by Crippen LogP contribution is -2.22. The average Bonchev–Trinajstić information content (AvgIpc) is 2.53. The van der Waals surface area contributed by atoms with Gasteiger partial charge in [-0.3, -0.25) is 0 Å². The average molecular weight is 364 g/mol. The molecule has 0 amide bonds. The quantitative estimate of drug-likeness (QED) is 0.812. The molecule has 3 nitrogen and oxygen atoms in total. The van der Waals surface area contributed by atoms with Crippen LogP contribution in [0.1, 0.15) is 22.8 Å². The van der Waals surface area contributed by atoms with E-state index < -0.39 is 23.7 Å². The van der Waals surface area contributed by atoms with E-state index in [1.165, 1.54) is 18.2 Å². The lowest BCUT2D eigenvalue weighted by Gasteiger charge is -2.27. The predicted molar refractivity (Wildman–Crippen MR) is 81.8 cm³/mol. The number of hydrogen-bond acceptors (Lipinski definition) is 3. The number of rotatable bonds is 2. The molecule has 1 heterocycles. The van der Waals surface area contributed by atoms with Crippen LogP contribution in [0.5, 0.6) is 11.5 Å². The van der Waals surface area contributed by atoms with Crippen LogP contribution >= 0.6 is 12.4 Å². The summed E-state index contributed by atoms with van der Waals surface area (Å²) in [5.74, 6) is -0.425. The molecule has 1 aliphatic heterocycles. The monoisotopic (exact) mass is 363 g/mol. The highest BCUT2D eigenvalue weighted by Gasteiger charge is 2.31. The maximum Gasteiger partial charge on any atom is 0.416 e. The third-order valence-corrected chi connectivity index (χ3v) is 3.57. The molecule has 8 heteroatoms. The molecule has 0 saturated heterocycles. The fourth-order valence-corrected chi connectivity index (χ4v) is 2.35. The molecule has 2 N–H and O–H groups in total. The summed E-state index contributed by atoms with van der Waals surface area (Å²) in [4.78, 5) is 0. The second-order valence-corrected chi connectivity index (χ2v) is 5.15. The zero-order valence-corrected chi connectivity index (χ0v) is 13.1. The Kier molecular flexibility index (Phi) is 5.25. The van der Waals surface area contributed by atoms with E-state index in [1.54, 1.807) is 6.07 Å². The van der Waals surface area contributed by atoms with Gasteiger partial charge in [0.2, 0.25) is 0 Å². The first kappa shape index (κ1) is 18.4. The molecule has 2 aromatic carbocycles. The number of halogens is 5. The fraction of sp³-hybridized carbons (Fsp3) is 0.250. The minimum Gasteiger partial charge on any atom is -0.485 e. The molecule has 0 bridgehead atoms. The van der Waals surface area contributed by atoms with Crippen molar-refractivity contribution in [2.45, 2.75) is 18.8 Å². The van der Waals surface area contributed by atoms with Gasteiger partial charge in [-0.2, -0.15) is 13.2 Å². The van der Waals surface area contributed by atoms with Crippen LogP contribution in [0.3, 0.4) is 0 Å². The highest BCUT2D eigenvalue weighted by atomic mass is 35.5. The van der Waals surface area contributed by atoms with Gasteiger partial charge in [0.1, 0.15) is 6.61 Å². The van der Waals surface area contributed by atoms with E-state index in [9.17, 15) is 17.6 Å². The van der Waals surface area contributed by atoms with Crippen molar-refractivity contribution in [3.05, 3.63) is 58.9 Å². The number of alkyl halides is 3. The molecule has 1 aliphatic rings. The number of fused-ring (bicyclic) bond motifs is 1. The summed E-state index contributed by atoms with van der Waals surface area (Å²) in [5, 5.41) is 0. The van der Waals surface area contributed by atoms with Crippen molar-refractivity contribution >= 4 is 12.4 Å². The molecule has 0 fully saturated rings. The van der Waals surface area contributed by atoms with Crippen molar-refractivity contribution < 1.29 is 27.0 Å². The molecule has 3 rings (SSSR count). The summed E-state index contributed by atoms with van der Waals surface area (Å²) in [7, 11) is 0. The van der Waals surface area contributed by atoms with Gasteiger partial charge in [0.05, 0.1) is 5.56 Å². The Hall–Kier alpha value is -1.99. The number of benzene rings is 2. The van der Waals surface area contributed by atoms with Crippen molar-refractivity contribution in [3.63, 3.8) is 0 Å². The van der Waals surface area contributed by atoms with Gasteiger partial charge in [-0.15, -0.1) is 12.4 Å². The minimum absolute atomic E-state index is 0. The minimum atomic E-state index is -4.40. The van der Waals surface area contributed by atoms with Crippen LogP contribution in [0.15, 0.2) is 36.4 Å². The molecular weight excluding hydrogens is 350 g/mol. The SMILES string of the molecule is Cl.NCc1cc(F)c2c(c1)OCC(c1ccc(C(F)(F)F)cc1)O2. The standard InChI is InChI=1S/C16H13F4NO2.ClH/c17-12-5-9(7-21)6-13-15(12)23-14(8-22-13)10-1-3-11(4-2-10)16(18,19)20;/h1-6,14H,7-8,21H2;1H. The van der Waals surface area contributed by atoms with Gasteiger partial charge in [-0.25, -0.2) is 4.39 Å². The van der Waals surface area contributed by atoms with Gasteiger partial charge < -0.3 is 15.2 Å². The largest absolute Gasteiger partial charge is 0.485 e. The lowest BCUT2D eigenvalue weighted by molar-refractivity contribution is -0.137. The predicted octanol–water partition coefficient (Wildman–Crippen LogP) is 4.24. The van der Waals surface area contributed by atoms with Gasteiger partial charge in [-0.05, 0) is 35.4 Å². The molecule has 24 heavy (non-hydrogen) atoms. The normalized spacial score (nSPS) is 16.5. The Labute approximate surface area is 141 Å². The first-order chi connectivity index (χ1) is 10.9. The zero-order valence-electron chi connectivity index (χ0n) is 12.3. The Balaban J connectivity index is 0.00000208. The van der Waals surface area contributed by atoms with E-state index in [0.717, 1.165) is 12.1 Å². The number of ether oxygens (including phenoxy) is 2. The molecule has 0 saturated carbocycles. The van der Waals surface area contributed by atoms with E-state index in [4.69, 9.17) is 15.2 Å². The molecule has 0 aromatic heterocycles. The number of hydrogen-bond donors (Lipinski definition) is 1. The Bertz CT molecular complexity index is 719. The van der Waals surface area contributed by atoms with Crippen molar-refractivity contribution in [3.8, 4) is 11.5 Å². The van der Waals surface area contributed by atoms with Crippen LogP contribution < -0.4 is 15.2 Å². The Morgan fingerprint density at radius 1 is 1.12 bits per heavy atom. The third kappa shape index (κ3) is 3.57. The molecule has 1 atom stereocenters. The van der Waals surface area contributed by atoms with E-state index >= 15 is 0 Å². The summed E-state index contributed by atoms with van der Waals surface area (Å²) < 4.78 is 62.7. The van der Waals surface area contributed by atoms with Crippen LogP contribution in [0.25, 0.3) is 0 Å². The first-order valence-electron chi connectivity index (χ1n) is 6.87. The second kappa shape index (κ2) is 6.86. The van der Waals surface area contributed by atoms with Crippen molar-refractivity contribution in [1.29, 1.82) is 0 Å². The Morgan fingerprint density at radius 2 is 1.79 bits per heavy atom. The van der Waals surface area contributed by atoms with Crippen LogP contribution in [-0.2, 0) is 12.7 Å². The van der Waals surface area contributed by atoms with Gasteiger partial charge in [0.25, 0.3) is 0 Å². The third-order valence-electron chi connectivity index (χ3n) is 3.57. The summed E-state index contributed by atoms with van der Waals surface area (Å²) in [6.45, 7) is 0.238. The second-order valence-electron chi connectivity index (χ2n) is 5.15. The highest BCUT2D eigenvalue weighted by molar-refractivity contribution is 5.85. The first-order valence-corrected chi connectivity index (χ1v) is 6.87. The molecule has 0 aliphatic carbocycles. The zero-order chi connectivity index (χ0) is 16.6. The Morgan fingerprint density at radius 3 is 2.38 bits per heavy atom. The smallest absolute Gasteiger partial charge is 0.416 e. The summed E-state index contributed by atoms with van der Waals surface area (Å²) >= 11 is 0. The van der Waals surface area contributed by atoms with E-state index in [1.807, 2.05) is 0 Å². The molecule has 130 valence electrons. The van der Waals surface area contributed by atoms with E-state index in [-0.39, 0.29) is 37.1 Å². The molecule has 0 radical (unpaired) electrons. The molecule has 2 aromatic rings. The van der Waals surface area contributed by atoms with Gasteiger partial charge in [-0.1, -0.05) is 12.1 Å². The lowest BCUT2D eigenvalue weighted by atomic mass is 10.1. The molecular formula is C16H14ClF4NO2.